The van der Waals surface area contributed by atoms with Gasteiger partial charge in [-0.3, -0.25) is 4.79 Å². The Bertz CT molecular complexity index is 553. The predicted molar refractivity (Wildman–Crippen MR) is 70.2 cm³/mol. The number of nitrogens with one attached hydrogen (secondary N) is 1. The average Bonchev–Trinajstić information content (AvgIpc) is 3.09. The Balaban J connectivity index is 2.14. The molecule has 0 saturated heterocycles. The number of halogens is 1. The van der Waals surface area contributed by atoms with Crippen molar-refractivity contribution in [2.75, 3.05) is 7.11 Å². The Kier molecular flexibility index (Phi) is 3.75. The van der Waals surface area contributed by atoms with E-state index in [2.05, 4.69) is 17.2 Å². The van der Waals surface area contributed by atoms with Gasteiger partial charge in [-0.2, -0.15) is 0 Å². The van der Waals surface area contributed by atoms with Crippen molar-refractivity contribution in [2.24, 2.45) is 0 Å². The molecular formula is C15H16FNO2. The maximum Gasteiger partial charge on any atom is 0.296 e. The van der Waals surface area contributed by atoms with Crippen LogP contribution < -0.4 is 10.1 Å². The van der Waals surface area contributed by atoms with Crippen LogP contribution in [0, 0.1) is 17.7 Å². The summed E-state index contributed by atoms with van der Waals surface area (Å²) in [4.78, 5) is 11.5. The molecule has 1 amide bonds. The van der Waals surface area contributed by atoms with Gasteiger partial charge < -0.3 is 10.1 Å². The summed E-state index contributed by atoms with van der Waals surface area (Å²) in [5, 5.41) is 2.90. The molecular weight excluding hydrogens is 245 g/mol. The Hall–Kier alpha value is -2.02. The number of ether oxygens (including phenoxy) is 1. The number of hydrogen-bond donors (Lipinski definition) is 1. The second kappa shape index (κ2) is 5.31. The van der Waals surface area contributed by atoms with E-state index in [1.165, 1.54) is 12.1 Å². The fraction of sp³-hybridized carbons (Fsp3) is 0.400. The molecule has 2 rings (SSSR count). The van der Waals surface area contributed by atoms with Gasteiger partial charge in [0, 0.05) is 5.54 Å². The minimum absolute atomic E-state index is 0.282. The van der Waals surface area contributed by atoms with Crippen LogP contribution in [0.2, 0.25) is 0 Å². The van der Waals surface area contributed by atoms with Gasteiger partial charge in [-0.25, -0.2) is 4.39 Å². The molecule has 0 heterocycles. The predicted octanol–water partition coefficient (Wildman–Crippen LogP) is 2.05. The number of benzene rings is 1. The van der Waals surface area contributed by atoms with E-state index in [0.717, 1.165) is 18.4 Å². The van der Waals surface area contributed by atoms with Gasteiger partial charge in [0.05, 0.1) is 7.11 Å². The highest BCUT2D eigenvalue weighted by Crippen LogP contribution is 2.40. The van der Waals surface area contributed by atoms with Crippen molar-refractivity contribution in [3.63, 3.8) is 0 Å². The largest absolute Gasteiger partial charge is 0.496 e. The Morgan fingerprint density at radius 1 is 1.53 bits per heavy atom. The van der Waals surface area contributed by atoms with E-state index in [1.807, 2.05) is 0 Å². The maximum absolute atomic E-state index is 13.3. The van der Waals surface area contributed by atoms with Crippen molar-refractivity contribution < 1.29 is 13.9 Å². The summed E-state index contributed by atoms with van der Waals surface area (Å²) in [5.41, 5.74) is 0.479. The van der Waals surface area contributed by atoms with Crippen molar-refractivity contribution in [1.82, 2.24) is 5.32 Å². The zero-order chi connectivity index (χ0) is 13.9. The first-order valence-corrected chi connectivity index (χ1v) is 6.16. The zero-order valence-electron chi connectivity index (χ0n) is 11.0. The number of carbonyl (C=O) groups excluding carboxylic acids is 1. The molecule has 1 saturated carbocycles. The minimum Gasteiger partial charge on any atom is -0.496 e. The van der Waals surface area contributed by atoms with E-state index in [9.17, 15) is 9.18 Å². The molecule has 1 aliphatic rings. The van der Waals surface area contributed by atoms with Gasteiger partial charge in [-0.1, -0.05) is 5.92 Å². The SMILES string of the molecule is CC#CC(=O)NC1(Cc2cc(F)ccc2OC)CC1. The van der Waals surface area contributed by atoms with Crippen molar-refractivity contribution in [3.05, 3.63) is 29.6 Å². The summed E-state index contributed by atoms with van der Waals surface area (Å²) in [7, 11) is 1.55. The van der Waals surface area contributed by atoms with Gasteiger partial charge in [0.15, 0.2) is 0 Å². The van der Waals surface area contributed by atoms with Crippen LogP contribution in [0.4, 0.5) is 4.39 Å². The van der Waals surface area contributed by atoms with Crippen molar-refractivity contribution >= 4 is 5.91 Å². The maximum atomic E-state index is 13.3. The van der Waals surface area contributed by atoms with Crippen molar-refractivity contribution in [2.45, 2.75) is 31.7 Å². The molecule has 1 aromatic rings. The lowest BCUT2D eigenvalue weighted by Crippen LogP contribution is -2.37. The molecule has 0 unspecified atom stereocenters. The molecule has 0 aliphatic heterocycles. The normalized spacial score (nSPS) is 15.1. The zero-order valence-corrected chi connectivity index (χ0v) is 11.0. The fourth-order valence-electron chi connectivity index (χ4n) is 2.13. The van der Waals surface area contributed by atoms with Gasteiger partial charge in [0.2, 0.25) is 0 Å². The molecule has 0 spiro atoms. The smallest absolute Gasteiger partial charge is 0.296 e. The van der Waals surface area contributed by atoms with E-state index in [1.54, 1.807) is 20.1 Å². The van der Waals surface area contributed by atoms with Gasteiger partial charge in [0.25, 0.3) is 5.91 Å². The highest BCUT2D eigenvalue weighted by atomic mass is 19.1. The summed E-state index contributed by atoms with van der Waals surface area (Å²) in [6.07, 6.45) is 2.32. The first-order chi connectivity index (χ1) is 9.08. The molecule has 3 nitrogen and oxygen atoms in total. The van der Waals surface area contributed by atoms with Crippen LogP contribution in [-0.2, 0) is 11.2 Å². The summed E-state index contributed by atoms with van der Waals surface area (Å²) in [6, 6.07) is 4.42. The lowest BCUT2D eigenvalue weighted by atomic mass is 10.0. The van der Waals surface area contributed by atoms with Gasteiger partial charge in [-0.15, -0.1) is 0 Å². The molecule has 19 heavy (non-hydrogen) atoms. The minimum atomic E-state index is -0.300. The average molecular weight is 261 g/mol. The molecule has 4 heteroatoms. The third kappa shape index (κ3) is 3.25. The number of amides is 1. The molecule has 1 N–H and O–H groups in total. The number of rotatable bonds is 4. The summed E-state index contributed by atoms with van der Waals surface area (Å²) in [5.74, 6) is 5.09. The van der Waals surface area contributed by atoms with E-state index in [0.29, 0.717) is 12.2 Å². The van der Waals surface area contributed by atoms with Gasteiger partial charge in [-0.05, 0) is 55.9 Å². The number of methoxy groups -OCH3 is 1. The highest BCUT2D eigenvalue weighted by Gasteiger charge is 2.44. The molecule has 1 aliphatic carbocycles. The van der Waals surface area contributed by atoms with E-state index >= 15 is 0 Å². The second-order valence-corrected chi connectivity index (χ2v) is 4.74. The van der Waals surface area contributed by atoms with Gasteiger partial charge in [0.1, 0.15) is 11.6 Å². The van der Waals surface area contributed by atoms with Crippen LogP contribution in [0.15, 0.2) is 18.2 Å². The van der Waals surface area contributed by atoms with E-state index in [4.69, 9.17) is 4.74 Å². The van der Waals surface area contributed by atoms with Crippen LogP contribution in [0.3, 0.4) is 0 Å². The quantitative estimate of drug-likeness (QED) is 0.842. The van der Waals surface area contributed by atoms with Crippen LogP contribution in [0.25, 0.3) is 0 Å². The van der Waals surface area contributed by atoms with Crippen LogP contribution >= 0.6 is 0 Å². The van der Waals surface area contributed by atoms with Crippen LogP contribution in [0.1, 0.15) is 25.3 Å². The molecule has 1 fully saturated rings. The van der Waals surface area contributed by atoms with Crippen LogP contribution in [0.5, 0.6) is 5.75 Å². The summed E-state index contributed by atoms with van der Waals surface area (Å²) in [6.45, 7) is 1.62. The van der Waals surface area contributed by atoms with E-state index in [-0.39, 0.29) is 17.3 Å². The highest BCUT2D eigenvalue weighted by molar-refractivity contribution is 5.94. The summed E-state index contributed by atoms with van der Waals surface area (Å²) < 4.78 is 18.5. The monoisotopic (exact) mass is 261 g/mol. The Morgan fingerprint density at radius 3 is 2.84 bits per heavy atom. The van der Waals surface area contributed by atoms with Gasteiger partial charge >= 0.3 is 0 Å². The third-order valence-corrected chi connectivity index (χ3v) is 3.24. The molecule has 0 atom stereocenters. The standard InChI is InChI=1S/C15H16FNO2/c1-3-4-14(18)17-15(7-8-15)10-11-9-12(16)5-6-13(11)19-2/h5-6,9H,7-8,10H2,1-2H3,(H,17,18). The molecule has 0 radical (unpaired) electrons. The molecule has 0 bridgehead atoms. The molecule has 1 aromatic carbocycles. The number of hydrogen-bond acceptors (Lipinski definition) is 2. The molecule has 0 aromatic heterocycles. The second-order valence-electron chi connectivity index (χ2n) is 4.74. The first-order valence-electron chi connectivity index (χ1n) is 6.16. The van der Waals surface area contributed by atoms with Crippen molar-refractivity contribution in [1.29, 1.82) is 0 Å². The molecule has 100 valence electrons. The topological polar surface area (TPSA) is 38.3 Å². The van der Waals surface area contributed by atoms with Crippen LogP contribution in [-0.4, -0.2) is 18.6 Å². The Labute approximate surface area is 112 Å². The number of carbonyl (C=O) groups is 1. The Morgan fingerprint density at radius 2 is 2.26 bits per heavy atom. The first kappa shape index (κ1) is 13.4. The fourth-order valence-corrected chi connectivity index (χ4v) is 2.13. The van der Waals surface area contributed by atoms with Crippen molar-refractivity contribution in [3.8, 4) is 17.6 Å². The summed E-state index contributed by atoms with van der Waals surface area (Å²) >= 11 is 0. The van der Waals surface area contributed by atoms with E-state index < -0.39 is 0 Å². The lowest BCUT2D eigenvalue weighted by Gasteiger charge is -2.17. The lowest BCUT2D eigenvalue weighted by molar-refractivity contribution is -0.116. The third-order valence-electron chi connectivity index (χ3n) is 3.24.